The van der Waals surface area contributed by atoms with E-state index in [9.17, 15) is 0 Å². The Kier molecular flexibility index (Phi) is 6.20. The van der Waals surface area contributed by atoms with E-state index < -0.39 is 0 Å². The van der Waals surface area contributed by atoms with Crippen LogP contribution < -0.4 is 5.32 Å². The van der Waals surface area contributed by atoms with E-state index in [1.807, 2.05) is 7.11 Å². The van der Waals surface area contributed by atoms with Crippen LogP contribution in [0.15, 0.2) is 0 Å². The minimum atomic E-state index is 0.534. The lowest BCUT2D eigenvalue weighted by Gasteiger charge is -2.30. The van der Waals surface area contributed by atoms with Crippen LogP contribution in [-0.2, 0) is 4.74 Å². The van der Waals surface area contributed by atoms with Crippen molar-refractivity contribution >= 4 is 0 Å². The number of nitrogens with one attached hydrogen (secondary N) is 1. The van der Waals surface area contributed by atoms with Gasteiger partial charge in [-0.25, -0.2) is 0 Å². The molecule has 1 fully saturated rings. The summed E-state index contributed by atoms with van der Waals surface area (Å²) in [5, 5.41) is 3.47. The van der Waals surface area contributed by atoms with Crippen molar-refractivity contribution in [3.8, 4) is 0 Å². The summed E-state index contributed by atoms with van der Waals surface area (Å²) in [6.45, 7) is 4.54. The molecular weight excluding hydrogens is 174 g/mol. The van der Waals surface area contributed by atoms with Crippen LogP contribution in [-0.4, -0.2) is 26.3 Å². The Morgan fingerprint density at radius 2 is 2.00 bits per heavy atom. The van der Waals surface area contributed by atoms with Crippen molar-refractivity contribution in [1.29, 1.82) is 0 Å². The maximum Gasteiger partial charge on any atom is 0.0600 e. The Balaban J connectivity index is 2.13. The molecule has 0 bridgehead atoms. The van der Waals surface area contributed by atoms with Gasteiger partial charge in [-0.05, 0) is 44.7 Å². The average molecular weight is 199 g/mol. The second-order valence-electron chi connectivity index (χ2n) is 4.36. The lowest BCUT2D eigenvalue weighted by molar-refractivity contribution is 0.0206. The summed E-state index contributed by atoms with van der Waals surface area (Å²) < 4.78 is 5.53. The van der Waals surface area contributed by atoms with Crippen molar-refractivity contribution < 1.29 is 4.74 Å². The molecule has 1 rings (SSSR count). The predicted molar refractivity (Wildman–Crippen MR) is 60.5 cm³/mol. The van der Waals surface area contributed by atoms with Crippen molar-refractivity contribution in [3.05, 3.63) is 0 Å². The van der Waals surface area contributed by atoms with E-state index in [4.69, 9.17) is 4.74 Å². The molecule has 1 aliphatic rings. The van der Waals surface area contributed by atoms with Gasteiger partial charge in [-0.1, -0.05) is 19.8 Å². The Labute approximate surface area is 88.4 Å². The molecule has 84 valence electrons. The minimum Gasteiger partial charge on any atom is -0.381 e. The van der Waals surface area contributed by atoms with Crippen LogP contribution in [0.4, 0.5) is 0 Å². The lowest BCUT2D eigenvalue weighted by Crippen LogP contribution is -2.30. The summed E-state index contributed by atoms with van der Waals surface area (Å²) >= 11 is 0. The van der Waals surface area contributed by atoms with Crippen LogP contribution in [0.2, 0.25) is 0 Å². The zero-order valence-electron chi connectivity index (χ0n) is 9.72. The highest BCUT2D eigenvalue weighted by Crippen LogP contribution is 2.28. The number of rotatable bonds is 6. The van der Waals surface area contributed by atoms with Gasteiger partial charge in [-0.2, -0.15) is 0 Å². The topological polar surface area (TPSA) is 21.3 Å². The summed E-state index contributed by atoms with van der Waals surface area (Å²) in [6.07, 6.45) is 8.46. The fourth-order valence-corrected chi connectivity index (χ4v) is 2.40. The monoisotopic (exact) mass is 199 g/mol. The molecule has 2 heteroatoms. The van der Waals surface area contributed by atoms with Crippen molar-refractivity contribution in [2.24, 2.45) is 5.92 Å². The van der Waals surface area contributed by atoms with E-state index in [-0.39, 0.29) is 0 Å². The first-order valence-electron chi connectivity index (χ1n) is 6.12. The summed E-state index contributed by atoms with van der Waals surface area (Å²) in [5.41, 5.74) is 0. The predicted octanol–water partition coefficient (Wildman–Crippen LogP) is 2.58. The van der Waals surface area contributed by atoms with Crippen LogP contribution >= 0.6 is 0 Å². The highest BCUT2D eigenvalue weighted by molar-refractivity contribution is 4.76. The van der Waals surface area contributed by atoms with E-state index >= 15 is 0 Å². The van der Waals surface area contributed by atoms with Crippen molar-refractivity contribution in [1.82, 2.24) is 5.32 Å². The third kappa shape index (κ3) is 3.97. The quantitative estimate of drug-likeness (QED) is 0.664. The fraction of sp³-hybridized carbons (Fsp3) is 1.00. The maximum absolute atomic E-state index is 5.53. The zero-order chi connectivity index (χ0) is 10.2. The summed E-state index contributed by atoms with van der Waals surface area (Å²) in [6, 6.07) is 0. The standard InChI is InChI=1S/C12H25NO/c1-3-9-13-10-8-11-6-4-5-7-12(11)14-2/h11-13H,3-10H2,1-2H3/t11-,12+/m0/s1. The summed E-state index contributed by atoms with van der Waals surface area (Å²) in [7, 11) is 1.86. The first-order chi connectivity index (χ1) is 6.88. The molecule has 0 radical (unpaired) electrons. The molecule has 0 amide bonds. The normalized spacial score (nSPS) is 27.9. The molecule has 0 aromatic carbocycles. The van der Waals surface area contributed by atoms with Gasteiger partial charge in [0.1, 0.15) is 0 Å². The molecule has 14 heavy (non-hydrogen) atoms. The second kappa shape index (κ2) is 7.24. The zero-order valence-corrected chi connectivity index (χ0v) is 9.72. The highest BCUT2D eigenvalue weighted by atomic mass is 16.5. The van der Waals surface area contributed by atoms with Gasteiger partial charge in [0, 0.05) is 7.11 Å². The number of ether oxygens (including phenoxy) is 1. The van der Waals surface area contributed by atoms with Crippen LogP contribution in [0, 0.1) is 5.92 Å². The average Bonchev–Trinajstić information content (AvgIpc) is 2.25. The lowest BCUT2D eigenvalue weighted by atomic mass is 9.84. The molecular formula is C12H25NO. The molecule has 2 nitrogen and oxygen atoms in total. The van der Waals surface area contributed by atoms with E-state index in [1.54, 1.807) is 0 Å². The van der Waals surface area contributed by atoms with E-state index in [0.717, 1.165) is 12.5 Å². The summed E-state index contributed by atoms with van der Waals surface area (Å²) in [5.74, 6) is 0.804. The fourth-order valence-electron chi connectivity index (χ4n) is 2.40. The number of hydrogen-bond acceptors (Lipinski definition) is 2. The molecule has 0 aromatic heterocycles. The molecule has 0 aliphatic heterocycles. The Morgan fingerprint density at radius 3 is 2.71 bits per heavy atom. The van der Waals surface area contributed by atoms with Gasteiger partial charge in [-0.15, -0.1) is 0 Å². The molecule has 0 saturated heterocycles. The van der Waals surface area contributed by atoms with Gasteiger partial charge in [0.15, 0.2) is 0 Å². The first-order valence-corrected chi connectivity index (χ1v) is 6.12. The van der Waals surface area contributed by atoms with Crippen molar-refractivity contribution in [2.45, 2.75) is 51.6 Å². The Morgan fingerprint density at radius 1 is 1.21 bits per heavy atom. The van der Waals surface area contributed by atoms with Gasteiger partial charge < -0.3 is 10.1 Å². The first kappa shape index (κ1) is 12.0. The van der Waals surface area contributed by atoms with Crippen LogP contribution in [0.1, 0.15) is 45.4 Å². The Hall–Kier alpha value is -0.0800. The smallest absolute Gasteiger partial charge is 0.0600 e. The molecule has 0 spiro atoms. The SMILES string of the molecule is CCCNCC[C@@H]1CCCC[C@H]1OC. The van der Waals surface area contributed by atoms with Gasteiger partial charge in [-0.3, -0.25) is 0 Å². The molecule has 0 unspecified atom stereocenters. The number of hydrogen-bond donors (Lipinski definition) is 1. The molecule has 1 aliphatic carbocycles. The third-order valence-corrected chi connectivity index (χ3v) is 3.26. The minimum absolute atomic E-state index is 0.534. The molecule has 0 heterocycles. The van der Waals surface area contributed by atoms with Gasteiger partial charge in [0.25, 0.3) is 0 Å². The van der Waals surface area contributed by atoms with Gasteiger partial charge in [0.05, 0.1) is 6.10 Å². The summed E-state index contributed by atoms with van der Waals surface area (Å²) in [4.78, 5) is 0. The van der Waals surface area contributed by atoms with Crippen molar-refractivity contribution in [2.75, 3.05) is 20.2 Å². The van der Waals surface area contributed by atoms with E-state index in [0.29, 0.717) is 6.10 Å². The molecule has 2 atom stereocenters. The second-order valence-corrected chi connectivity index (χ2v) is 4.36. The highest BCUT2D eigenvalue weighted by Gasteiger charge is 2.23. The third-order valence-electron chi connectivity index (χ3n) is 3.26. The largest absolute Gasteiger partial charge is 0.381 e. The Bertz CT molecular complexity index is 138. The maximum atomic E-state index is 5.53. The van der Waals surface area contributed by atoms with E-state index in [1.165, 1.54) is 45.1 Å². The number of methoxy groups -OCH3 is 1. The molecule has 1 N–H and O–H groups in total. The molecule has 1 saturated carbocycles. The molecule has 0 aromatic rings. The van der Waals surface area contributed by atoms with Crippen LogP contribution in [0.3, 0.4) is 0 Å². The van der Waals surface area contributed by atoms with Crippen LogP contribution in [0.25, 0.3) is 0 Å². The van der Waals surface area contributed by atoms with Crippen LogP contribution in [0.5, 0.6) is 0 Å². The van der Waals surface area contributed by atoms with Gasteiger partial charge in [0.2, 0.25) is 0 Å². The van der Waals surface area contributed by atoms with Gasteiger partial charge >= 0.3 is 0 Å². The van der Waals surface area contributed by atoms with Crippen molar-refractivity contribution in [3.63, 3.8) is 0 Å². The van der Waals surface area contributed by atoms with E-state index in [2.05, 4.69) is 12.2 Å².